The molecule has 7 aromatic rings. The van der Waals surface area contributed by atoms with E-state index < -0.39 is 0 Å². The summed E-state index contributed by atoms with van der Waals surface area (Å²) >= 11 is 16.1. The summed E-state index contributed by atoms with van der Waals surface area (Å²) in [6.07, 6.45) is 2.35. The Labute approximate surface area is 315 Å². The van der Waals surface area contributed by atoms with Gasteiger partial charge in [0.1, 0.15) is 4.83 Å². The maximum atomic E-state index is 7.26. The number of thiophene rings is 1. The number of rotatable bonds is 1. The number of fused-ring (bicyclic) bond motifs is 10. The molecule has 2 aromatic heterocycles. The van der Waals surface area contributed by atoms with Gasteiger partial charge in [0, 0.05) is 53.7 Å². The number of nitrogens with zero attached hydrogens (tertiary/aromatic N) is 2. The Morgan fingerprint density at radius 2 is 1.39 bits per heavy atom. The normalized spacial score (nSPS) is 16.9. The van der Waals surface area contributed by atoms with Crippen LogP contribution in [-0.2, 0) is 16.2 Å². The maximum absolute atomic E-state index is 7.26. The van der Waals surface area contributed by atoms with Crippen molar-refractivity contribution in [1.82, 2.24) is 4.57 Å². The Morgan fingerprint density at radius 1 is 0.706 bits per heavy atom. The summed E-state index contributed by atoms with van der Waals surface area (Å²) in [6, 6.07) is 29.8. The molecular formula is C45H41BCl2N2S. The molecule has 3 aliphatic rings. The Morgan fingerprint density at radius 3 is 2.14 bits per heavy atom. The minimum atomic E-state index is -0.0294. The molecule has 0 saturated carbocycles. The number of aromatic nitrogens is 1. The molecule has 0 radical (unpaired) electrons. The van der Waals surface area contributed by atoms with Crippen LogP contribution in [0.3, 0.4) is 0 Å². The lowest BCUT2D eigenvalue weighted by atomic mass is 9.33. The van der Waals surface area contributed by atoms with Crippen LogP contribution in [-0.4, -0.2) is 11.3 Å². The second kappa shape index (κ2) is 10.2. The van der Waals surface area contributed by atoms with E-state index >= 15 is 0 Å². The van der Waals surface area contributed by atoms with Crippen LogP contribution >= 0.6 is 34.5 Å². The van der Waals surface area contributed by atoms with Crippen molar-refractivity contribution in [2.75, 3.05) is 4.90 Å². The number of anilines is 3. The van der Waals surface area contributed by atoms with Gasteiger partial charge >= 0.3 is 0 Å². The molecule has 254 valence electrons. The Balaban J connectivity index is 1.36. The van der Waals surface area contributed by atoms with Gasteiger partial charge in [-0.2, -0.15) is 0 Å². The average molecular weight is 724 g/mol. The van der Waals surface area contributed by atoms with Crippen molar-refractivity contribution < 1.29 is 0 Å². The van der Waals surface area contributed by atoms with Gasteiger partial charge in [-0.15, -0.1) is 11.3 Å². The Bertz CT molecular complexity index is 2690. The summed E-state index contributed by atoms with van der Waals surface area (Å²) in [7, 11) is 0. The molecule has 10 rings (SSSR count). The maximum Gasteiger partial charge on any atom is 0.252 e. The van der Waals surface area contributed by atoms with Crippen LogP contribution < -0.4 is 21.3 Å². The third kappa shape index (κ3) is 4.30. The summed E-state index contributed by atoms with van der Waals surface area (Å²) in [6.45, 7) is 18.9. The van der Waals surface area contributed by atoms with E-state index in [2.05, 4.69) is 144 Å². The van der Waals surface area contributed by atoms with Crippen molar-refractivity contribution in [3.8, 4) is 5.69 Å². The first-order chi connectivity index (χ1) is 24.1. The van der Waals surface area contributed by atoms with Gasteiger partial charge in [0.25, 0.3) is 6.71 Å². The molecule has 1 aliphatic carbocycles. The lowest BCUT2D eigenvalue weighted by Crippen LogP contribution is -2.60. The molecule has 6 heteroatoms. The molecule has 0 N–H and O–H groups in total. The zero-order chi connectivity index (χ0) is 35.5. The van der Waals surface area contributed by atoms with Crippen molar-refractivity contribution in [1.29, 1.82) is 0 Å². The summed E-state index contributed by atoms with van der Waals surface area (Å²) < 4.78 is 3.86. The Hall–Kier alpha value is -3.70. The zero-order valence-corrected chi connectivity index (χ0v) is 32.9. The largest absolute Gasteiger partial charge is 0.311 e. The van der Waals surface area contributed by atoms with Crippen molar-refractivity contribution >= 4 is 106 Å². The van der Waals surface area contributed by atoms with Gasteiger partial charge < -0.3 is 9.47 Å². The topological polar surface area (TPSA) is 8.17 Å². The zero-order valence-electron chi connectivity index (χ0n) is 30.6. The molecule has 0 amide bonds. The van der Waals surface area contributed by atoms with E-state index in [-0.39, 0.29) is 23.0 Å². The van der Waals surface area contributed by atoms with Gasteiger partial charge in [-0.25, -0.2) is 0 Å². The van der Waals surface area contributed by atoms with E-state index in [9.17, 15) is 0 Å². The van der Waals surface area contributed by atoms with Gasteiger partial charge in [-0.1, -0.05) is 108 Å². The average Bonchev–Trinajstić information content (AvgIpc) is 3.60. The molecule has 2 nitrogen and oxygen atoms in total. The molecule has 0 saturated heterocycles. The number of hydrogen-bond donors (Lipinski definition) is 0. The van der Waals surface area contributed by atoms with Crippen molar-refractivity contribution in [2.45, 2.75) is 84.5 Å². The van der Waals surface area contributed by atoms with E-state index in [0.29, 0.717) is 0 Å². The highest BCUT2D eigenvalue weighted by atomic mass is 35.5. The van der Waals surface area contributed by atoms with Crippen LogP contribution in [0.25, 0.3) is 36.9 Å². The highest BCUT2D eigenvalue weighted by Gasteiger charge is 2.45. The first kappa shape index (κ1) is 32.0. The molecule has 0 atom stereocenters. The molecule has 0 spiro atoms. The van der Waals surface area contributed by atoms with E-state index in [0.717, 1.165) is 27.8 Å². The van der Waals surface area contributed by atoms with Crippen LogP contribution in [0.5, 0.6) is 0 Å². The predicted octanol–water partition coefficient (Wildman–Crippen LogP) is 11.9. The summed E-state index contributed by atoms with van der Waals surface area (Å²) in [4.78, 5) is 3.76. The van der Waals surface area contributed by atoms with E-state index in [1.807, 2.05) is 11.3 Å². The summed E-state index contributed by atoms with van der Waals surface area (Å²) in [5.41, 5.74) is 15.6. The van der Waals surface area contributed by atoms with Crippen molar-refractivity contribution in [2.24, 2.45) is 0 Å². The van der Waals surface area contributed by atoms with Crippen LogP contribution in [0.4, 0.5) is 17.1 Å². The summed E-state index contributed by atoms with van der Waals surface area (Å²) in [5.74, 6) is 0. The molecule has 4 heterocycles. The first-order valence-electron chi connectivity index (χ1n) is 18.2. The molecule has 51 heavy (non-hydrogen) atoms. The number of aryl methyl sites for hydroxylation is 1. The van der Waals surface area contributed by atoms with Crippen LogP contribution in [0, 0.1) is 6.92 Å². The highest BCUT2D eigenvalue weighted by molar-refractivity contribution is 7.26. The quantitative estimate of drug-likeness (QED) is 0.153. The second-order valence-corrected chi connectivity index (χ2v) is 19.5. The van der Waals surface area contributed by atoms with Gasteiger partial charge in [0.15, 0.2) is 0 Å². The molecule has 2 aliphatic heterocycles. The third-order valence-electron chi connectivity index (χ3n) is 12.4. The molecular weight excluding hydrogens is 682 g/mol. The number of halogens is 2. The Kier molecular flexibility index (Phi) is 6.43. The SMILES string of the molecule is Cc1cc2c(cc1N1c3cc(Cl)ccc3B3c4c1cc(Cl)cc4-n1c4sc5ccccc5c4c4cc(C(C)(C)C)cc3c41)C(C)(C)CCC2(C)C. The van der Waals surface area contributed by atoms with Gasteiger partial charge in [0.2, 0.25) is 0 Å². The second-order valence-electron chi connectivity index (χ2n) is 17.6. The van der Waals surface area contributed by atoms with Gasteiger partial charge in [-0.05, 0) is 117 Å². The molecule has 0 unspecified atom stereocenters. The molecule has 0 bridgehead atoms. The fraction of sp³-hybridized carbons (Fsp3) is 0.289. The third-order valence-corrected chi connectivity index (χ3v) is 14.0. The lowest BCUT2D eigenvalue weighted by Gasteiger charge is -2.44. The number of hydrogen-bond acceptors (Lipinski definition) is 2. The monoisotopic (exact) mass is 722 g/mol. The molecule has 5 aromatic carbocycles. The van der Waals surface area contributed by atoms with Crippen LogP contribution in [0.1, 0.15) is 83.6 Å². The molecule has 0 fully saturated rings. The number of benzene rings is 5. The standard InChI is InChI=1S/C45H41BCl2N2S/c1-24-17-30-31(45(7,8)16-15-44(30,5)6)23-34(24)49-35-20-26(47)13-14-32(35)46-33-19-25(43(2,3)4)18-29-39-28-11-9-10-12-38(28)51-42(39)50(41(29)33)37-22-27(48)21-36(49)40(37)46/h9-14,17-23H,15-16H2,1-8H3. The predicted molar refractivity (Wildman–Crippen MR) is 224 cm³/mol. The fourth-order valence-electron chi connectivity index (χ4n) is 9.56. The first-order valence-corrected chi connectivity index (χ1v) is 19.8. The highest BCUT2D eigenvalue weighted by Crippen LogP contribution is 2.51. The van der Waals surface area contributed by atoms with E-state index in [1.54, 1.807) is 0 Å². The van der Waals surface area contributed by atoms with Crippen LogP contribution in [0.15, 0.2) is 78.9 Å². The lowest BCUT2D eigenvalue weighted by molar-refractivity contribution is 0.332. The smallest absolute Gasteiger partial charge is 0.252 e. The van der Waals surface area contributed by atoms with Gasteiger partial charge in [0.05, 0.1) is 5.52 Å². The van der Waals surface area contributed by atoms with E-state index in [1.165, 1.54) is 87.6 Å². The van der Waals surface area contributed by atoms with E-state index in [4.69, 9.17) is 23.2 Å². The van der Waals surface area contributed by atoms with Crippen LogP contribution in [0.2, 0.25) is 10.0 Å². The van der Waals surface area contributed by atoms with Crippen molar-refractivity contribution in [3.05, 3.63) is 111 Å². The van der Waals surface area contributed by atoms with Gasteiger partial charge in [-0.3, -0.25) is 0 Å². The minimum absolute atomic E-state index is 0.0247. The fourth-order valence-corrected chi connectivity index (χ4v) is 11.2. The summed E-state index contributed by atoms with van der Waals surface area (Å²) in [5, 5.41) is 5.46. The minimum Gasteiger partial charge on any atom is -0.311 e. The van der Waals surface area contributed by atoms with Crippen molar-refractivity contribution in [3.63, 3.8) is 0 Å².